The molecule has 1 N–H and O–H groups in total. The second kappa shape index (κ2) is 2.41. The predicted octanol–water partition coefficient (Wildman–Crippen LogP) is 0.669. The molecule has 1 aliphatic rings. The van der Waals surface area contributed by atoms with Crippen LogP contribution in [0.15, 0.2) is 36.1 Å². The first kappa shape index (κ1) is 5.23. The Hall–Kier alpha value is -0.915. The summed E-state index contributed by atoms with van der Waals surface area (Å²) in [5.41, 5.74) is 0.770. The molecule has 0 spiro atoms. The van der Waals surface area contributed by atoms with Crippen LogP contribution in [-0.2, 0) is 0 Å². The minimum Gasteiger partial charge on any atom is -0.368 e. The van der Waals surface area contributed by atoms with Crippen molar-refractivity contribution < 1.29 is 0 Å². The van der Waals surface area contributed by atoms with Crippen molar-refractivity contribution in [1.82, 2.24) is 5.32 Å². The normalized spacial score (nSPS) is 16.8. The van der Waals surface area contributed by atoms with Gasteiger partial charge in [-0.25, -0.2) is 0 Å². The maximum Gasteiger partial charge on any atom is 0.113 e. The highest BCUT2D eigenvalue weighted by atomic mass is 14.8. The molecular weight excluding hydrogens is 96.9 g/mol. The predicted molar refractivity (Wildman–Crippen MR) is 35.3 cm³/mol. The van der Waals surface area contributed by atoms with Crippen molar-refractivity contribution in [2.24, 2.45) is 0 Å². The molecule has 1 heterocycles. The van der Waals surface area contributed by atoms with Crippen molar-refractivity contribution in [1.29, 1.82) is 0 Å². The smallest absolute Gasteiger partial charge is 0.113 e. The van der Waals surface area contributed by atoms with Gasteiger partial charge in [0.05, 0.1) is 0 Å². The average molecular weight is 103 g/mol. The quantitative estimate of drug-likeness (QED) is 0.444. The van der Waals surface area contributed by atoms with Crippen molar-refractivity contribution >= 4 is 7.85 Å². The molecule has 0 aromatic rings. The van der Waals surface area contributed by atoms with Crippen molar-refractivity contribution in [2.45, 2.75) is 0 Å². The van der Waals surface area contributed by atoms with Gasteiger partial charge in [0.15, 0.2) is 0 Å². The molecule has 0 aliphatic carbocycles. The van der Waals surface area contributed by atoms with Crippen molar-refractivity contribution in [3.8, 4) is 0 Å². The fraction of sp³-hybridized carbons (Fsp3) is 0. The van der Waals surface area contributed by atoms with Crippen LogP contribution in [0.1, 0.15) is 0 Å². The third kappa shape index (κ3) is 1.30. The number of nitrogens with one attached hydrogen (secondary N) is 1. The van der Waals surface area contributed by atoms with E-state index in [9.17, 15) is 0 Å². The van der Waals surface area contributed by atoms with Gasteiger partial charge in [-0.3, -0.25) is 0 Å². The summed E-state index contributed by atoms with van der Waals surface area (Å²) in [6.45, 7) is 0. The first-order valence-electron chi connectivity index (χ1n) is 2.44. The van der Waals surface area contributed by atoms with E-state index in [1.807, 2.05) is 18.4 Å². The van der Waals surface area contributed by atoms with Crippen molar-refractivity contribution in [3.63, 3.8) is 0 Å². The lowest BCUT2D eigenvalue weighted by molar-refractivity contribution is 1.20. The van der Waals surface area contributed by atoms with Gasteiger partial charge in [-0.1, -0.05) is 17.6 Å². The highest BCUT2D eigenvalue weighted by Crippen LogP contribution is 1.91. The lowest BCUT2D eigenvalue weighted by Gasteiger charge is -1.82. The Morgan fingerprint density at radius 2 is 2.25 bits per heavy atom. The summed E-state index contributed by atoms with van der Waals surface area (Å²) in [6, 6.07) is 0. The van der Waals surface area contributed by atoms with E-state index in [1.54, 1.807) is 12.3 Å². The monoisotopic (exact) mass is 103 g/mol. The Kier molecular flexibility index (Phi) is 1.57. The van der Waals surface area contributed by atoms with Crippen LogP contribution in [0.25, 0.3) is 0 Å². The van der Waals surface area contributed by atoms with Crippen LogP contribution in [0.3, 0.4) is 0 Å². The molecule has 0 unspecified atom stereocenters. The van der Waals surface area contributed by atoms with Gasteiger partial charge < -0.3 is 5.32 Å². The summed E-state index contributed by atoms with van der Waals surface area (Å²) in [5, 5.41) is 2.88. The van der Waals surface area contributed by atoms with Gasteiger partial charge in [0, 0.05) is 6.20 Å². The van der Waals surface area contributed by atoms with Gasteiger partial charge in [0.2, 0.25) is 0 Å². The first-order valence-corrected chi connectivity index (χ1v) is 2.44. The van der Waals surface area contributed by atoms with Crippen molar-refractivity contribution in [2.75, 3.05) is 0 Å². The molecule has 0 fully saturated rings. The van der Waals surface area contributed by atoms with E-state index in [2.05, 4.69) is 5.32 Å². The van der Waals surface area contributed by atoms with Crippen LogP contribution in [0.2, 0.25) is 0 Å². The van der Waals surface area contributed by atoms with Crippen LogP contribution in [0, 0.1) is 0 Å². The average Bonchev–Trinajstić information content (AvgIpc) is 1.94. The largest absolute Gasteiger partial charge is 0.368 e. The van der Waals surface area contributed by atoms with E-state index >= 15 is 0 Å². The number of hydrogen-bond donors (Lipinski definition) is 1. The molecule has 1 rings (SSSR count). The van der Waals surface area contributed by atoms with E-state index in [0.717, 1.165) is 5.47 Å². The van der Waals surface area contributed by atoms with E-state index < -0.39 is 0 Å². The van der Waals surface area contributed by atoms with Gasteiger partial charge >= 0.3 is 0 Å². The zero-order valence-electron chi connectivity index (χ0n) is 4.46. The van der Waals surface area contributed by atoms with Crippen molar-refractivity contribution in [3.05, 3.63) is 36.1 Å². The van der Waals surface area contributed by atoms with Gasteiger partial charge in [0.1, 0.15) is 7.85 Å². The van der Waals surface area contributed by atoms with Gasteiger partial charge in [-0.2, -0.15) is 0 Å². The summed E-state index contributed by atoms with van der Waals surface area (Å²) in [4.78, 5) is 0. The summed E-state index contributed by atoms with van der Waals surface area (Å²) in [5.74, 6) is 0. The van der Waals surface area contributed by atoms with Crippen LogP contribution < -0.4 is 5.32 Å². The van der Waals surface area contributed by atoms with Gasteiger partial charge in [-0.05, 0) is 12.3 Å². The molecule has 38 valence electrons. The van der Waals surface area contributed by atoms with Crippen LogP contribution in [0.4, 0.5) is 0 Å². The third-order valence-electron chi connectivity index (χ3n) is 0.853. The minimum atomic E-state index is 0.770. The van der Waals surface area contributed by atoms with E-state index in [4.69, 9.17) is 7.85 Å². The van der Waals surface area contributed by atoms with E-state index in [0.29, 0.717) is 0 Å². The molecule has 8 heavy (non-hydrogen) atoms. The second-order valence-electron chi connectivity index (χ2n) is 1.53. The van der Waals surface area contributed by atoms with E-state index in [1.165, 1.54) is 0 Å². The highest BCUT2D eigenvalue weighted by Gasteiger charge is 1.79. The Morgan fingerprint density at radius 1 is 1.38 bits per heavy atom. The lowest BCUT2D eigenvalue weighted by atomic mass is 9.96. The zero-order valence-corrected chi connectivity index (χ0v) is 4.46. The second-order valence-corrected chi connectivity index (χ2v) is 1.53. The molecule has 0 aromatic carbocycles. The molecule has 2 radical (unpaired) electrons. The lowest BCUT2D eigenvalue weighted by Crippen LogP contribution is -1.88. The van der Waals surface area contributed by atoms with Crippen LogP contribution in [-0.4, -0.2) is 7.85 Å². The Balaban J connectivity index is 2.73. The molecule has 1 aliphatic heterocycles. The van der Waals surface area contributed by atoms with Crippen LogP contribution in [0.5, 0.6) is 0 Å². The third-order valence-corrected chi connectivity index (χ3v) is 0.853. The molecular formula is C6H6BN. The molecule has 0 aromatic heterocycles. The molecule has 2 heteroatoms. The standard InChI is InChI=1S/C6H6BN/c7-6-2-1-4-8-5-3-6/h1-5,8H. The van der Waals surface area contributed by atoms with Gasteiger partial charge in [0.25, 0.3) is 0 Å². The summed E-state index contributed by atoms with van der Waals surface area (Å²) in [6.07, 6.45) is 9.09. The SMILES string of the molecule is [B]C1=CC=CNC=C1. The summed E-state index contributed by atoms with van der Waals surface area (Å²) < 4.78 is 0. The molecule has 0 atom stereocenters. The molecule has 0 saturated carbocycles. The van der Waals surface area contributed by atoms with E-state index in [-0.39, 0.29) is 0 Å². The number of hydrogen-bond acceptors (Lipinski definition) is 1. The summed E-state index contributed by atoms with van der Waals surface area (Å²) in [7, 11) is 5.42. The Morgan fingerprint density at radius 3 is 3.12 bits per heavy atom. The maximum absolute atomic E-state index is 5.42. The maximum atomic E-state index is 5.42. The Labute approximate surface area is 50.2 Å². The fourth-order valence-electron chi connectivity index (χ4n) is 0.470. The molecule has 1 nitrogen and oxygen atoms in total. The molecule has 0 bridgehead atoms. The first-order chi connectivity index (χ1) is 3.89. The van der Waals surface area contributed by atoms with Gasteiger partial charge in [-0.15, -0.1) is 0 Å². The fourth-order valence-corrected chi connectivity index (χ4v) is 0.470. The van der Waals surface area contributed by atoms with Crippen LogP contribution >= 0.6 is 0 Å². The molecule has 0 amide bonds. The Bertz CT molecular complexity index is 156. The topological polar surface area (TPSA) is 12.0 Å². The minimum absolute atomic E-state index is 0.770. The number of rotatable bonds is 0. The zero-order chi connectivity index (χ0) is 5.82. The summed E-state index contributed by atoms with van der Waals surface area (Å²) >= 11 is 0. The number of allylic oxidation sites excluding steroid dienone is 4. The molecule has 0 saturated heterocycles. The highest BCUT2D eigenvalue weighted by molar-refractivity contribution is 6.23.